The molecule has 112 valence electrons. The second-order valence-corrected chi connectivity index (χ2v) is 5.53. The fraction of sp³-hybridized carbons (Fsp3) is 0.471. The number of aromatic nitrogens is 2. The van der Waals surface area contributed by atoms with Crippen molar-refractivity contribution in [1.82, 2.24) is 15.3 Å². The third kappa shape index (κ3) is 2.95. The molecule has 1 aliphatic rings. The van der Waals surface area contributed by atoms with Crippen LogP contribution >= 0.6 is 0 Å². The van der Waals surface area contributed by atoms with E-state index in [9.17, 15) is 0 Å². The van der Waals surface area contributed by atoms with Crippen molar-refractivity contribution in [3.63, 3.8) is 0 Å². The Morgan fingerprint density at radius 1 is 1.29 bits per heavy atom. The van der Waals surface area contributed by atoms with Crippen molar-refractivity contribution >= 4 is 0 Å². The number of hydrogen-bond donors (Lipinski definition) is 2. The van der Waals surface area contributed by atoms with Crippen LogP contribution in [-0.4, -0.2) is 16.6 Å². The van der Waals surface area contributed by atoms with Crippen LogP contribution in [0.5, 0.6) is 5.75 Å². The Kier molecular flexibility index (Phi) is 4.25. The number of hydrogen-bond acceptors (Lipinski definition) is 3. The highest BCUT2D eigenvalue weighted by Crippen LogP contribution is 2.30. The molecule has 0 radical (unpaired) electrons. The molecule has 1 aliphatic heterocycles. The Hall–Kier alpha value is -1.81. The summed E-state index contributed by atoms with van der Waals surface area (Å²) in [7, 11) is 0. The lowest BCUT2D eigenvalue weighted by Crippen LogP contribution is -2.26. The maximum atomic E-state index is 5.59. The zero-order valence-electron chi connectivity index (χ0n) is 12.7. The highest BCUT2D eigenvalue weighted by atomic mass is 16.5. The smallest absolute Gasteiger partial charge is 0.123 e. The van der Waals surface area contributed by atoms with E-state index < -0.39 is 0 Å². The molecular formula is C17H23N3O. The molecule has 2 unspecified atom stereocenters. The number of imidazole rings is 1. The molecule has 0 aliphatic carbocycles. The Morgan fingerprint density at radius 2 is 2.14 bits per heavy atom. The normalized spacial score (nSPS) is 16.3. The molecule has 2 heterocycles. The molecule has 2 N–H and O–H groups in total. The van der Waals surface area contributed by atoms with Gasteiger partial charge in [-0.2, -0.15) is 0 Å². The van der Waals surface area contributed by atoms with Crippen LogP contribution in [0, 0.1) is 0 Å². The van der Waals surface area contributed by atoms with E-state index >= 15 is 0 Å². The van der Waals surface area contributed by atoms with Crippen LogP contribution in [0.1, 0.15) is 55.7 Å². The summed E-state index contributed by atoms with van der Waals surface area (Å²) >= 11 is 0. The van der Waals surface area contributed by atoms with Gasteiger partial charge in [0.15, 0.2) is 0 Å². The molecule has 4 heteroatoms. The Morgan fingerprint density at radius 3 is 2.86 bits per heavy atom. The summed E-state index contributed by atoms with van der Waals surface area (Å²) in [5, 5.41) is 3.73. The van der Waals surface area contributed by atoms with Gasteiger partial charge in [-0.05, 0) is 30.0 Å². The zero-order valence-corrected chi connectivity index (χ0v) is 12.7. The van der Waals surface area contributed by atoms with Crippen molar-refractivity contribution in [3.05, 3.63) is 47.5 Å². The molecule has 1 aromatic heterocycles. The largest absolute Gasteiger partial charge is 0.493 e. The quantitative estimate of drug-likeness (QED) is 0.853. The molecule has 0 amide bonds. The van der Waals surface area contributed by atoms with Gasteiger partial charge in [0, 0.05) is 24.9 Å². The molecule has 2 atom stereocenters. The van der Waals surface area contributed by atoms with Gasteiger partial charge >= 0.3 is 0 Å². The van der Waals surface area contributed by atoms with Crippen LogP contribution in [0.2, 0.25) is 0 Å². The average molecular weight is 285 g/mol. The molecule has 0 saturated carbocycles. The Balaban J connectivity index is 1.78. The van der Waals surface area contributed by atoms with Crippen LogP contribution in [0.15, 0.2) is 30.6 Å². The summed E-state index contributed by atoms with van der Waals surface area (Å²) in [6, 6.07) is 7.18. The Labute approximate surface area is 125 Å². The number of nitrogens with zero attached hydrogens (tertiary/aromatic N) is 1. The van der Waals surface area contributed by atoms with E-state index in [2.05, 4.69) is 47.3 Å². The van der Waals surface area contributed by atoms with Crippen LogP contribution < -0.4 is 10.1 Å². The van der Waals surface area contributed by atoms with Crippen molar-refractivity contribution in [2.45, 2.75) is 45.2 Å². The van der Waals surface area contributed by atoms with Gasteiger partial charge in [-0.1, -0.05) is 26.0 Å². The van der Waals surface area contributed by atoms with Crippen molar-refractivity contribution in [2.24, 2.45) is 0 Å². The summed E-state index contributed by atoms with van der Waals surface area (Å²) in [5.74, 6) is 2.06. The lowest BCUT2D eigenvalue weighted by atomic mass is 9.99. The number of benzene rings is 1. The summed E-state index contributed by atoms with van der Waals surface area (Å²) < 4.78 is 5.59. The minimum atomic E-state index is 0.259. The maximum absolute atomic E-state index is 5.59. The predicted molar refractivity (Wildman–Crippen MR) is 83.4 cm³/mol. The minimum Gasteiger partial charge on any atom is -0.493 e. The highest BCUT2D eigenvalue weighted by molar-refractivity contribution is 5.40. The van der Waals surface area contributed by atoms with Crippen molar-refractivity contribution in [1.29, 1.82) is 0 Å². The number of fused-ring (bicyclic) bond motifs is 1. The monoisotopic (exact) mass is 285 g/mol. The lowest BCUT2D eigenvalue weighted by molar-refractivity contribution is 0.356. The van der Waals surface area contributed by atoms with E-state index in [1.54, 1.807) is 0 Å². The fourth-order valence-electron chi connectivity index (χ4n) is 2.97. The van der Waals surface area contributed by atoms with Gasteiger partial charge in [-0.3, -0.25) is 0 Å². The Bertz CT molecular complexity index is 580. The number of rotatable bonds is 6. The molecule has 0 bridgehead atoms. The van der Waals surface area contributed by atoms with Gasteiger partial charge in [0.2, 0.25) is 0 Å². The zero-order chi connectivity index (χ0) is 14.7. The van der Waals surface area contributed by atoms with Crippen molar-refractivity contribution in [3.8, 4) is 5.75 Å². The van der Waals surface area contributed by atoms with Crippen molar-refractivity contribution in [2.75, 3.05) is 6.61 Å². The summed E-state index contributed by atoms with van der Waals surface area (Å²) in [5.41, 5.74) is 2.67. The van der Waals surface area contributed by atoms with Gasteiger partial charge < -0.3 is 15.0 Å². The fourth-order valence-corrected chi connectivity index (χ4v) is 2.97. The standard InChI is InChI=1S/C17H23N3O/c1-3-14(20-15(4-2)17-18-8-9-19-17)12-5-6-16-13(11-12)7-10-21-16/h5-6,8-9,11,14-15,20H,3-4,7,10H2,1-2H3,(H,18,19). The van der Waals surface area contributed by atoms with Crippen molar-refractivity contribution < 1.29 is 4.74 Å². The number of ether oxygens (including phenoxy) is 1. The lowest BCUT2D eigenvalue weighted by Gasteiger charge is -2.23. The number of H-pyrrole nitrogens is 1. The SMILES string of the molecule is CCC(NC(CC)c1ncc[nH]1)c1ccc2c(c1)CCO2. The highest BCUT2D eigenvalue weighted by Gasteiger charge is 2.20. The van der Waals surface area contributed by atoms with Crippen LogP contribution in [0.25, 0.3) is 0 Å². The minimum absolute atomic E-state index is 0.259. The van der Waals surface area contributed by atoms with E-state index in [1.807, 2.05) is 12.4 Å². The van der Waals surface area contributed by atoms with E-state index in [0.717, 1.165) is 37.4 Å². The maximum Gasteiger partial charge on any atom is 0.123 e. The molecule has 3 rings (SSSR count). The van der Waals surface area contributed by atoms with Crippen LogP contribution in [-0.2, 0) is 6.42 Å². The molecule has 0 saturated heterocycles. The molecule has 0 fully saturated rings. The van der Waals surface area contributed by atoms with E-state index in [4.69, 9.17) is 4.74 Å². The van der Waals surface area contributed by atoms with Crippen LogP contribution in [0.3, 0.4) is 0 Å². The first-order chi connectivity index (χ1) is 10.3. The topological polar surface area (TPSA) is 49.9 Å². The molecule has 1 aromatic carbocycles. The van der Waals surface area contributed by atoms with Crippen LogP contribution in [0.4, 0.5) is 0 Å². The summed E-state index contributed by atoms with van der Waals surface area (Å²) in [6.45, 7) is 5.21. The molecule has 4 nitrogen and oxygen atoms in total. The van der Waals surface area contributed by atoms with Gasteiger partial charge in [0.1, 0.15) is 11.6 Å². The molecule has 0 spiro atoms. The summed E-state index contributed by atoms with van der Waals surface area (Å²) in [4.78, 5) is 7.61. The third-order valence-corrected chi connectivity index (χ3v) is 4.18. The second-order valence-electron chi connectivity index (χ2n) is 5.53. The second kappa shape index (κ2) is 6.31. The predicted octanol–water partition coefficient (Wildman–Crippen LogP) is 3.54. The van der Waals surface area contributed by atoms with Gasteiger partial charge in [-0.15, -0.1) is 0 Å². The number of aromatic amines is 1. The molecule has 21 heavy (non-hydrogen) atoms. The first-order valence-electron chi connectivity index (χ1n) is 7.82. The van der Waals surface area contributed by atoms with E-state index in [0.29, 0.717) is 6.04 Å². The number of nitrogens with one attached hydrogen (secondary N) is 2. The first kappa shape index (κ1) is 14.1. The van der Waals surface area contributed by atoms with Gasteiger partial charge in [0.25, 0.3) is 0 Å². The molecular weight excluding hydrogens is 262 g/mol. The average Bonchev–Trinajstić information content (AvgIpc) is 3.19. The van der Waals surface area contributed by atoms with Gasteiger partial charge in [0.05, 0.1) is 12.6 Å². The van der Waals surface area contributed by atoms with E-state index in [1.165, 1.54) is 11.1 Å². The summed E-state index contributed by atoms with van der Waals surface area (Å²) in [6.07, 6.45) is 6.78. The molecule has 2 aromatic rings. The third-order valence-electron chi connectivity index (χ3n) is 4.18. The first-order valence-corrected chi connectivity index (χ1v) is 7.82. The van der Waals surface area contributed by atoms with Gasteiger partial charge in [-0.25, -0.2) is 4.98 Å². The van der Waals surface area contributed by atoms with E-state index in [-0.39, 0.29) is 6.04 Å².